The summed E-state index contributed by atoms with van der Waals surface area (Å²) in [5.41, 5.74) is 0. The van der Waals surface area contributed by atoms with E-state index in [1.807, 2.05) is 0 Å². The number of rotatable bonds is 8. The van der Waals surface area contributed by atoms with Crippen LogP contribution in [0.15, 0.2) is 5.10 Å². The van der Waals surface area contributed by atoms with Gasteiger partial charge in [0.05, 0.1) is 11.7 Å². The zero-order valence-electron chi connectivity index (χ0n) is 13.1. The lowest BCUT2D eigenvalue weighted by molar-refractivity contribution is -0.484. The molecule has 1 aliphatic heterocycles. The molecule has 1 heterocycles. The molecule has 1 N–H and O–H groups in total. The van der Waals surface area contributed by atoms with E-state index >= 15 is 0 Å². The van der Waals surface area contributed by atoms with Crippen molar-refractivity contribution in [3.8, 4) is 0 Å². The highest BCUT2D eigenvalue weighted by molar-refractivity contribution is 8.13. The molecule has 1 fully saturated rings. The number of hydrazone groups is 1. The first-order valence-electron chi connectivity index (χ1n) is 7.37. The summed E-state index contributed by atoms with van der Waals surface area (Å²) in [6.45, 7) is 9.90. The van der Waals surface area contributed by atoms with Gasteiger partial charge in [-0.2, -0.15) is 0 Å². The lowest BCUT2D eigenvalue weighted by Crippen LogP contribution is -2.34. The molecule has 1 aliphatic rings. The summed E-state index contributed by atoms with van der Waals surface area (Å²) in [7, 11) is 0. The van der Waals surface area contributed by atoms with Crippen LogP contribution in [0.1, 0.15) is 20.3 Å². The summed E-state index contributed by atoms with van der Waals surface area (Å²) in [6.07, 6.45) is 2.71. The smallest absolute Gasteiger partial charge is 0.234 e. The molecule has 0 amide bonds. The van der Waals surface area contributed by atoms with Gasteiger partial charge in [0.1, 0.15) is 0 Å². The van der Waals surface area contributed by atoms with E-state index in [4.69, 9.17) is 4.74 Å². The second-order valence-electron chi connectivity index (χ2n) is 5.30. The fraction of sp³-hybridized carbons (Fsp3) is 0.923. The van der Waals surface area contributed by atoms with Gasteiger partial charge >= 0.3 is 0 Å². The van der Waals surface area contributed by atoms with Crippen molar-refractivity contribution in [2.75, 3.05) is 45.6 Å². The number of thioether (sulfide) groups is 1. The monoisotopic (exact) mass is 318 g/mol. The predicted molar refractivity (Wildman–Crippen MR) is 86.2 cm³/mol. The van der Waals surface area contributed by atoms with Gasteiger partial charge in [-0.25, -0.2) is 10.1 Å². The first-order valence-corrected chi connectivity index (χ1v) is 8.60. The number of nitrogens with one attached hydrogen (secondary N) is 1. The van der Waals surface area contributed by atoms with E-state index in [-0.39, 0.29) is 0 Å². The van der Waals surface area contributed by atoms with Gasteiger partial charge in [0, 0.05) is 19.7 Å². The SMILES string of the molecule is CCN(CCCNC(=N[N+](=O)[O-])SC)CC1COCC1C. The fourth-order valence-corrected chi connectivity index (χ4v) is 2.76. The summed E-state index contributed by atoms with van der Waals surface area (Å²) >= 11 is 1.26. The zero-order chi connectivity index (χ0) is 15.7. The minimum atomic E-state index is -0.668. The number of amidine groups is 1. The average Bonchev–Trinajstić information content (AvgIpc) is 2.85. The quantitative estimate of drug-likeness (QED) is 0.240. The van der Waals surface area contributed by atoms with Crippen molar-refractivity contribution in [1.82, 2.24) is 10.2 Å². The van der Waals surface area contributed by atoms with Crippen LogP contribution < -0.4 is 5.32 Å². The Hall–Kier alpha value is -0.860. The Morgan fingerprint density at radius 2 is 2.33 bits per heavy atom. The van der Waals surface area contributed by atoms with Gasteiger partial charge in [-0.05, 0) is 37.6 Å². The molecule has 8 heteroatoms. The fourth-order valence-electron chi connectivity index (χ4n) is 2.37. The Balaban J connectivity index is 2.24. The van der Waals surface area contributed by atoms with Gasteiger partial charge in [0.25, 0.3) is 0 Å². The number of hydrogen-bond donors (Lipinski definition) is 1. The van der Waals surface area contributed by atoms with Gasteiger partial charge in [-0.15, -0.1) is 0 Å². The van der Waals surface area contributed by atoms with Gasteiger partial charge in [-0.3, -0.25) is 0 Å². The molecule has 2 atom stereocenters. The molecule has 0 aromatic carbocycles. The summed E-state index contributed by atoms with van der Waals surface area (Å²) in [5, 5.41) is 16.3. The van der Waals surface area contributed by atoms with E-state index in [2.05, 4.69) is 29.2 Å². The summed E-state index contributed by atoms with van der Waals surface area (Å²) in [6, 6.07) is 0. The molecule has 0 bridgehead atoms. The van der Waals surface area contributed by atoms with E-state index in [0.717, 1.165) is 39.3 Å². The summed E-state index contributed by atoms with van der Waals surface area (Å²) < 4.78 is 5.50. The van der Waals surface area contributed by atoms with Crippen LogP contribution in [0.2, 0.25) is 0 Å². The topological polar surface area (TPSA) is 80.0 Å². The molecule has 1 saturated heterocycles. The van der Waals surface area contributed by atoms with Crippen molar-refractivity contribution < 1.29 is 9.77 Å². The molecule has 0 aliphatic carbocycles. The van der Waals surface area contributed by atoms with Crippen molar-refractivity contribution in [3.63, 3.8) is 0 Å². The van der Waals surface area contributed by atoms with E-state index in [0.29, 0.717) is 23.5 Å². The third-order valence-electron chi connectivity index (χ3n) is 3.75. The Labute approximate surface area is 130 Å². The van der Waals surface area contributed by atoms with Gasteiger partial charge < -0.3 is 15.0 Å². The third-order valence-corrected chi connectivity index (χ3v) is 4.36. The second kappa shape index (κ2) is 9.97. The molecule has 21 heavy (non-hydrogen) atoms. The van der Waals surface area contributed by atoms with Gasteiger partial charge in [-0.1, -0.05) is 25.6 Å². The van der Waals surface area contributed by atoms with Crippen LogP contribution >= 0.6 is 11.8 Å². The van der Waals surface area contributed by atoms with Crippen LogP contribution in [0.3, 0.4) is 0 Å². The zero-order valence-corrected chi connectivity index (χ0v) is 13.9. The van der Waals surface area contributed by atoms with E-state index in [1.54, 1.807) is 6.26 Å². The Morgan fingerprint density at radius 1 is 1.57 bits per heavy atom. The predicted octanol–water partition coefficient (Wildman–Crippen LogP) is 1.48. The highest BCUT2D eigenvalue weighted by Crippen LogP contribution is 2.20. The molecular weight excluding hydrogens is 292 g/mol. The molecule has 0 aromatic heterocycles. The molecule has 0 radical (unpaired) electrons. The lowest BCUT2D eigenvalue weighted by Gasteiger charge is -2.25. The van der Waals surface area contributed by atoms with Crippen molar-refractivity contribution in [2.24, 2.45) is 16.9 Å². The number of hydrogen-bond acceptors (Lipinski definition) is 5. The average molecular weight is 318 g/mol. The van der Waals surface area contributed by atoms with Crippen LogP contribution in [0.4, 0.5) is 0 Å². The standard InChI is InChI=1S/C13H26N4O3S/c1-4-16(8-12-10-20-9-11(12)2)7-5-6-14-13(21-3)15-17(18)19/h11-12H,4-10H2,1-3H3,(H,14,15). The first kappa shape index (κ1) is 18.2. The molecule has 2 unspecified atom stereocenters. The van der Waals surface area contributed by atoms with Crippen LogP contribution in [0.5, 0.6) is 0 Å². The normalized spacial score (nSPS) is 22.8. The first-order chi connectivity index (χ1) is 10.1. The Kier molecular flexibility index (Phi) is 8.63. The van der Waals surface area contributed by atoms with Crippen molar-refractivity contribution in [2.45, 2.75) is 20.3 Å². The van der Waals surface area contributed by atoms with Crippen LogP contribution in [0.25, 0.3) is 0 Å². The van der Waals surface area contributed by atoms with Crippen LogP contribution in [-0.2, 0) is 4.74 Å². The van der Waals surface area contributed by atoms with Gasteiger partial charge in [0.15, 0.2) is 5.03 Å². The highest BCUT2D eigenvalue weighted by atomic mass is 32.2. The Morgan fingerprint density at radius 3 is 2.86 bits per heavy atom. The maximum atomic E-state index is 10.3. The molecule has 1 rings (SSSR count). The second-order valence-corrected chi connectivity index (χ2v) is 6.09. The minimum absolute atomic E-state index is 0.362. The molecule has 0 spiro atoms. The maximum absolute atomic E-state index is 10.3. The van der Waals surface area contributed by atoms with Crippen molar-refractivity contribution in [3.05, 3.63) is 10.1 Å². The molecule has 122 valence electrons. The summed E-state index contributed by atoms with van der Waals surface area (Å²) in [4.78, 5) is 12.7. The third kappa shape index (κ3) is 7.10. The summed E-state index contributed by atoms with van der Waals surface area (Å²) in [5.74, 6) is 1.25. The molecule has 0 aromatic rings. The highest BCUT2D eigenvalue weighted by Gasteiger charge is 2.25. The Bertz CT molecular complexity index is 354. The molecule has 7 nitrogen and oxygen atoms in total. The largest absolute Gasteiger partial charge is 0.381 e. The van der Waals surface area contributed by atoms with Crippen molar-refractivity contribution in [1.29, 1.82) is 0 Å². The maximum Gasteiger partial charge on any atom is 0.234 e. The molecule has 0 saturated carbocycles. The minimum Gasteiger partial charge on any atom is -0.381 e. The number of nitro groups is 1. The van der Waals surface area contributed by atoms with E-state index in [1.165, 1.54) is 11.8 Å². The molecular formula is C13H26N4O3S. The van der Waals surface area contributed by atoms with Crippen molar-refractivity contribution >= 4 is 16.9 Å². The lowest BCUT2D eigenvalue weighted by atomic mass is 9.97. The number of nitrogens with zero attached hydrogens (tertiary/aromatic N) is 3. The van der Waals surface area contributed by atoms with E-state index < -0.39 is 5.03 Å². The van der Waals surface area contributed by atoms with Crippen LogP contribution in [-0.4, -0.2) is 60.7 Å². The van der Waals surface area contributed by atoms with E-state index in [9.17, 15) is 10.1 Å². The van der Waals surface area contributed by atoms with Crippen LogP contribution in [0, 0.1) is 22.0 Å². The number of ether oxygens (including phenoxy) is 1. The van der Waals surface area contributed by atoms with Gasteiger partial charge in [0.2, 0.25) is 5.17 Å².